The molecule has 0 heterocycles. The van der Waals surface area contributed by atoms with Crippen molar-refractivity contribution in [2.75, 3.05) is 0 Å². The van der Waals surface area contributed by atoms with Gasteiger partial charge >= 0.3 is 0 Å². The molecule has 2 rings (SSSR count). The number of hydrogen-bond donors (Lipinski definition) is 1. The average Bonchev–Trinajstić information content (AvgIpc) is 2.35. The van der Waals surface area contributed by atoms with Crippen LogP contribution in [0.2, 0.25) is 0 Å². The largest absolute Gasteiger partial charge is 0.366 e. The molecule has 2 aromatic carbocycles. The Kier molecular flexibility index (Phi) is 3.24. The van der Waals surface area contributed by atoms with Crippen LogP contribution in [0.3, 0.4) is 0 Å². The smallest absolute Gasteiger partial charge is 0.244 e. The molecule has 0 radical (unpaired) electrons. The topological polar surface area (TPSA) is 43.1 Å². The van der Waals surface area contributed by atoms with Crippen LogP contribution in [-0.4, -0.2) is 5.91 Å². The van der Waals surface area contributed by atoms with E-state index < -0.39 is 0 Å². The van der Waals surface area contributed by atoms with Gasteiger partial charge in [0.05, 0.1) is 0 Å². The molecule has 0 aromatic heterocycles. The first-order chi connectivity index (χ1) is 8.18. The van der Waals surface area contributed by atoms with E-state index in [0.29, 0.717) is 5.57 Å². The molecular formula is C15H15NO. The molecule has 2 N–H and O–H groups in total. The summed E-state index contributed by atoms with van der Waals surface area (Å²) in [6.45, 7) is 1.74. The number of carbonyl (C=O) groups is 1. The quantitative estimate of drug-likeness (QED) is 0.802. The molecule has 0 unspecified atom stereocenters. The minimum Gasteiger partial charge on any atom is -0.366 e. The molecule has 0 aliphatic heterocycles. The Bertz CT molecular complexity index is 579. The molecule has 0 aliphatic carbocycles. The lowest BCUT2D eigenvalue weighted by molar-refractivity contribution is -0.114. The Morgan fingerprint density at radius 3 is 2.65 bits per heavy atom. The fourth-order valence-electron chi connectivity index (χ4n) is 1.83. The zero-order valence-corrected chi connectivity index (χ0v) is 9.81. The summed E-state index contributed by atoms with van der Waals surface area (Å²) < 4.78 is 0. The highest BCUT2D eigenvalue weighted by molar-refractivity contribution is 5.91. The molecular weight excluding hydrogens is 210 g/mol. The number of fused-ring (bicyclic) bond motifs is 1. The van der Waals surface area contributed by atoms with Gasteiger partial charge in [-0.1, -0.05) is 48.5 Å². The summed E-state index contributed by atoms with van der Waals surface area (Å²) >= 11 is 0. The summed E-state index contributed by atoms with van der Waals surface area (Å²) in [6.07, 6.45) is 2.61. The van der Waals surface area contributed by atoms with E-state index in [2.05, 4.69) is 24.3 Å². The van der Waals surface area contributed by atoms with Gasteiger partial charge in [0.15, 0.2) is 0 Å². The predicted molar refractivity (Wildman–Crippen MR) is 70.6 cm³/mol. The molecule has 0 saturated heterocycles. The van der Waals surface area contributed by atoms with E-state index in [-0.39, 0.29) is 5.91 Å². The minimum absolute atomic E-state index is 0.356. The second-order valence-corrected chi connectivity index (χ2v) is 4.09. The minimum atomic E-state index is -0.356. The van der Waals surface area contributed by atoms with Gasteiger partial charge in [0.25, 0.3) is 0 Å². The summed E-state index contributed by atoms with van der Waals surface area (Å²) in [5, 5.41) is 2.44. The highest BCUT2D eigenvalue weighted by Crippen LogP contribution is 2.19. The van der Waals surface area contributed by atoms with E-state index in [1.807, 2.05) is 24.3 Å². The fourth-order valence-corrected chi connectivity index (χ4v) is 1.83. The molecule has 86 valence electrons. The second kappa shape index (κ2) is 4.83. The lowest BCUT2D eigenvalue weighted by Gasteiger charge is -2.04. The van der Waals surface area contributed by atoms with Gasteiger partial charge in [-0.3, -0.25) is 4.79 Å². The predicted octanol–water partition coefficient (Wildman–Crippen LogP) is 2.81. The zero-order valence-electron chi connectivity index (χ0n) is 9.81. The van der Waals surface area contributed by atoms with Gasteiger partial charge in [0.1, 0.15) is 0 Å². The Morgan fingerprint density at radius 1 is 1.18 bits per heavy atom. The van der Waals surface area contributed by atoms with Crippen LogP contribution >= 0.6 is 0 Å². The van der Waals surface area contributed by atoms with Crippen molar-refractivity contribution in [3.8, 4) is 0 Å². The molecule has 0 bridgehead atoms. The second-order valence-electron chi connectivity index (χ2n) is 4.09. The van der Waals surface area contributed by atoms with E-state index in [1.165, 1.54) is 16.3 Å². The SMILES string of the molecule is CC(=CCc1cccc2ccccc12)C(N)=O. The van der Waals surface area contributed by atoms with E-state index in [1.54, 1.807) is 6.92 Å². The van der Waals surface area contributed by atoms with Crippen molar-refractivity contribution in [3.63, 3.8) is 0 Å². The van der Waals surface area contributed by atoms with Gasteiger partial charge in [-0.05, 0) is 29.7 Å². The molecule has 1 amide bonds. The van der Waals surface area contributed by atoms with Crippen molar-refractivity contribution in [2.45, 2.75) is 13.3 Å². The third-order valence-electron chi connectivity index (χ3n) is 2.90. The first-order valence-corrected chi connectivity index (χ1v) is 5.61. The Morgan fingerprint density at radius 2 is 1.88 bits per heavy atom. The molecule has 0 atom stereocenters. The van der Waals surface area contributed by atoms with E-state index in [4.69, 9.17) is 5.73 Å². The molecule has 0 aliphatic rings. The normalized spacial score (nSPS) is 11.7. The van der Waals surface area contributed by atoms with Gasteiger partial charge in [0.2, 0.25) is 5.91 Å². The molecule has 2 aromatic rings. The van der Waals surface area contributed by atoms with Crippen LogP contribution in [0.5, 0.6) is 0 Å². The Balaban J connectivity index is 2.37. The molecule has 0 spiro atoms. The number of benzene rings is 2. The summed E-state index contributed by atoms with van der Waals surface area (Å²) in [4.78, 5) is 10.9. The standard InChI is InChI=1S/C15H15NO/c1-11(15(16)17)9-10-13-7-4-6-12-5-2-3-8-14(12)13/h2-9H,10H2,1H3,(H2,16,17). The lowest BCUT2D eigenvalue weighted by Crippen LogP contribution is -2.11. The van der Waals surface area contributed by atoms with E-state index in [0.717, 1.165) is 6.42 Å². The van der Waals surface area contributed by atoms with Crippen molar-refractivity contribution in [1.29, 1.82) is 0 Å². The Labute approximate surface area is 101 Å². The third-order valence-corrected chi connectivity index (χ3v) is 2.90. The first-order valence-electron chi connectivity index (χ1n) is 5.61. The Hall–Kier alpha value is -2.09. The monoisotopic (exact) mass is 225 g/mol. The number of hydrogen-bond acceptors (Lipinski definition) is 1. The average molecular weight is 225 g/mol. The van der Waals surface area contributed by atoms with Crippen molar-refractivity contribution in [2.24, 2.45) is 5.73 Å². The zero-order chi connectivity index (χ0) is 12.3. The van der Waals surface area contributed by atoms with Gasteiger partial charge in [-0.25, -0.2) is 0 Å². The van der Waals surface area contributed by atoms with Crippen LogP contribution in [0, 0.1) is 0 Å². The van der Waals surface area contributed by atoms with Gasteiger partial charge < -0.3 is 5.73 Å². The first kappa shape index (κ1) is 11.4. The maximum Gasteiger partial charge on any atom is 0.244 e. The number of rotatable bonds is 3. The summed E-state index contributed by atoms with van der Waals surface area (Å²) in [5.41, 5.74) is 7.03. The summed E-state index contributed by atoms with van der Waals surface area (Å²) in [5.74, 6) is -0.356. The summed E-state index contributed by atoms with van der Waals surface area (Å²) in [7, 11) is 0. The highest BCUT2D eigenvalue weighted by Gasteiger charge is 2.00. The van der Waals surface area contributed by atoms with Crippen LogP contribution < -0.4 is 5.73 Å². The molecule has 17 heavy (non-hydrogen) atoms. The van der Waals surface area contributed by atoms with Crippen LogP contribution in [-0.2, 0) is 11.2 Å². The van der Waals surface area contributed by atoms with E-state index in [9.17, 15) is 4.79 Å². The summed E-state index contributed by atoms with van der Waals surface area (Å²) in [6, 6.07) is 14.4. The van der Waals surface area contributed by atoms with Crippen molar-refractivity contribution < 1.29 is 4.79 Å². The maximum atomic E-state index is 10.9. The van der Waals surface area contributed by atoms with Crippen LogP contribution in [0.4, 0.5) is 0 Å². The molecule has 0 fully saturated rings. The van der Waals surface area contributed by atoms with Crippen LogP contribution in [0.15, 0.2) is 54.1 Å². The number of carbonyl (C=O) groups excluding carboxylic acids is 1. The maximum absolute atomic E-state index is 10.9. The van der Waals surface area contributed by atoms with Crippen molar-refractivity contribution in [3.05, 3.63) is 59.7 Å². The number of nitrogens with two attached hydrogens (primary N) is 1. The fraction of sp³-hybridized carbons (Fsp3) is 0.133. The van der Waals surface area contributed by atoms with Crippen LogP contribution in [0.1, 0.15) is 12.5 Å². The molecule has 2 nitrogen and oxygen atoms in total. The molecule has 2 heteroatoms. The van der Waals surface area contributed by atoms with Crippen molar-refractivity contribution in [1.82, 2.24) is 0 Å². The number of primary amides is 1. The van der Waals surface area contributed by atoms with Gasteiger partial charge in [-0.2, -0.15) is 0 Å². The lowest BCUT2D eigenvalue weighted by atomic mass is 10.0. The highest BCUT2D eigenvalue weighted by atomic mass is 16.1. The van der Waals surface area contributed by atoms with Gasteiger partial charge in [0, 0.05) is 5.57 Å². The molecule has 0 saturated carbocycles. The third kappa shape index (κ3) is 2.53. The van der Waals surface area contributed by atoms with Gasteiger partial charge in [-0.15, -0.1) is 0 Å². The van der Waals surface area contributed by atoms with Crippen LogP contribution in [0.25, 0.3) is 10.8 Å². The van der Waals surface area contributed by atoms with Crippen molar-refractivity contribution >= 4 is 16.7 Å². The number of allylic oxidation sites excluding steroid dienone is 1. The van der Waals surface area contributed by atoms with E-state index >= 15 is 0 Å². The number of amides is 1.